The van der Waals surface area contributed by atoms with Gasteiger partial charge >= 0.3 is 0 Å². The highest BCUT2D eigenvalue weighted by Crippen LogP contribution is 2.33. The Bertz CT molecular complexity index is 781. The van der Waals surface area contributed by atoms with E-state index < -0.39 is 0 Å². The lowest BCUT2D eigenvalue weighted by Gasteiger charge is -2.23. The van der Waals surface area contributed by atoms with Gasteiger partial charge in [-0.25, -0.2) is 9.07 Å². The first-order valence-electron chi connectivity index (χ1n) is 10.4. The zero-order valence-corrected chi connectivity index (χ0v) is 16.2. The number of aryl methyl sites for hydroxylation is 1. The second-order valence-corrected chi connectivity index (χ2v) is 7.93. The first-order chi connectivity index (χ1) is 13.2. The Morgan fingerprint density at radius 1 is 1.07 bits per heavy atom. The molecule has 0 amide bonds. The molecule has 3 nitrogen and oxygen atoms in total. The lowest BCUT2D eigenvalue weighted by atomic mass is 9.84. The van der Waals surface area contributed by atoms with Crippen LogP contribution >= 0.6 is 0 Å². The van der Waals surface area contributed by atoms with Crippen LogP contribution in [0.4, 0.5) is 4.39 Å². The molecule has 2 aromatic rings. The first kappa shape index (κ1) is 18.4. The van der Waals surface area contributed by atoms with Crippen LogP contribution in [0.25, 0.3) is 11.9 Å². The Kier molecular flexibility index (Phi) is 5.72. The molecule has 0 N–H and O–H groups in total. The summed E-state index contributed by atoms with van der Waals surface area (Å²) < 4.78 is 22.4. The number of aromatic nitrogens is 2. The van der Waals surface area contributed by atoms with E-state index in [9.17, 15) is 4.39 Å². The molecule has 0 spiro atoms. The van der Waals surface area contributed by atoms with E-state index in [-0.39, 0.29) is 12.1 Å². The zero-order chi connectivity index (χ0) is 18.6. The van der Waals surface area contributed by atoms with E-state index in [1.54, 1.807) is 12.1 Å². The predicted molar refractivity (Wildman–Crippen MR) is 107 cm³/mol. The van der Waals surface area contributed by atoms with Crippen molar-refractivity contribution in [1.29, 1.82) is 0 Å². The third-order valence-electron chi connectivity index (χ3n) is 5.90. The number of hydrogen-bond acceptors (Lipinski definition) is 2. The van der Waals surface area contributed by atoms with Gasteiger partial charge < -0.3 is 4.74 Å². The van der Waals surface area contributed by atoms with Gasteiger partial charge in [-0.2, -0.15) is 5.10 Å². The van der Waals surface area contributed by atoms with Gasteiger partial charge in [0.25, 0.3) is 0 Å². The van der Waals surface area contributed by atoms with Gasteiger partial charge in [-0.15, -0.1) is 0 Å². The summed E-state index contributed by atoms with van der Waals surface area (Å²) in [5, 5.41) is 4.47. The van der Waals surface area contributed by atoms with Crippen molar-refractivity contribution in [2.45, 2.75) is 70.4 Å². The van der Waals surface area contributed by atoms with Crippen molar-refractivity contribution >= 4 is 11.9 Å². The van der Waals surface area contributed by atoms with E-state index in [1.165, 1.54) is 37.7 Å². The second kappa shape index (κ2) is 8.39. The van der Waals surface area contributed by atoms with Gasteiger partial charge in [-0.05, 0) is 68.2 Å². The standard InChI is InChI=1S/C23H29FN2O/c1-17-15-22(25-26(17)23-9-5-6-14-27-23)21(24)16-18-10-12-20(13-11-18)19-7-3-2-4-8-19/h10-13,15-16,19,23H,2-9,14H2,1H3/b21-16-. The summed E-state index contributed by atoms with van der Waals surface area (Å²) in [4.78, 5) is 0. The topological polar surface area (TPSA) is 27.1 Å². The number of halogens is 1. The van der Waals surface area contributed by atoms with Crippen LogP contribution in [0.2, 0.25) is 0 Å². The van der Waals surface area contributed by atoms with Gasteiger partial charge in [-0.3, -0.25) is 0 Å². The van der Waals surface area contributed by atoms with E-state index in [0.717, 1.165) is 37.1 Å². The molecular weight excluding hydrogens is 339 g/mol. The van der Waals surface area contributed by atoms with Crippen LogP contribution in [-0.4, -0.2) is 16.4 Å². The molecule has 4 heteroatoms. The van der Waals surface area contributed by atoms with Crippen molar-refractivity contribution in [3.63, 3.8) is 0 Å². The van der Waals surface area contributed by atoms with Crippen molar-refractivity contribution in [2.24, 2.45) is 0 Å². The summed E-state index contributed by atoms with van der Waals surface area (Å²) in [5.41, 5.74) is 3.60. The first-order valence-corrected chi connectivity index (χ1v) is 10.4. The van der Waals surface area contributed by atoms with Crippen LogP contribution in [-0.2, 0) is 4.74 Å². The van der Waals surface area contributed by atoms with Gasteiger partial charge in [-0.1, -0.05) is 43.5 Å². The van der Waals surface area contributed by atoms with Crippen molar-refractivity contribution in [2.75, 3.05) is 6.61 Å². The number of rotatable bonds is 4. The van der Waals surface area contributed by atoms with E-state index in [2.05, 4.69) is 17.2 Å². The summed E-state index contributed by atoms with van der Waals surface area (Å²) in [5.74, 6) is 0.383. The monoisotopic (exact) mass is 368 g/mol. The number of ether oxygens (including phenoxy) is 1. The maximum Gasteiger partial charge on any atom is 0.151 e. The van der Waals surface area contributed by atoms with Crippen molar-refractivity contribution in [3.05, 3.63) is 52.8 Å². The second-order valence-electron chi connectivity index (χ2n) is 7.93. The molecule has 27 heavy (non-hydrogen) atoms. The molecule has 1 saturated heterocycles. The third-order valence-corrected chi connectivity index (χ3v) is 5.90. The molecule has 1 saturated carbocycles. The molecule has 1 atom stereocenters. The minimum Gasteiger partial charge on any atom is -0.357 e. The van der Waals surface area contributed by atoms with Crippen LogP contribution in [0.15, 0.2) is 30.3 Å². The van der Waals surface area contributed by atoms with Crippen LogP contribution in [0, 0.1) is 6.92 Å². The van der Waals surface area contributed by atoms with Crippen LogP contribution < -0.4 is 0 Å². The van der Waals surface area contributed by atoms with Crippen molar-refractivity contribution in [3.8, 4) is 0 Å². The highest BCUT2D eigenvalue weighted by Gasteiger charge is 2.20. The molecule has 2 aliphatic rings. The van der Waals surface area contributed by atoms with Crippen molar-refractivity contribution < 1.29 is 9.13 Å². The molecule has 0 bridgehead atoms. The molecule has 1 aromatic heterocycles. The molecule has 2 fully saturated rings. The van der Waals surface area contributed by atoms with Crippen molar-refractivity contribution in [1.82, 2.24) is 9.78 Å². The Hall–Kier alpha value is -1.94. The number of hydrogen-bond donors (Lipinski definition) is 0. The highest BCUT2D eigenvalue weighted by atomic mass is 19.1. The SMILES string of the molecule is Cc1cc(/C(F)=C/c2ccc(C3CCCCC3)cc2)nn1C1CCCCO1. The third kappa shape index (κ3) is 4.32. The summed E-state index contributed by atoms with van der Waals surface area (Å²) in [6.45, 7) is 2.71. The fourth-order valence-electron chi connectivity index (χ4n) is 4.33. The Balaban J connectivity index is 1.48. The maximum atomic E-state index is 14.8. The minimum absolute atomic E-state index is 0.0601. The normalized spacial score (nSPS) is 22.1. The van der Waals surface area contributed by atoms with Crippen LogP contribution in [0.5, 0.6) is 0 Å². The molecular formula is C23H29FN2O. The largest absolute Gasteiger partial charge is 0.357 e. The predicted octanol–water partition coefficient (Wildman–Crippen LogP) is 6.41. The molecule has 0 radical (unpaired) electrons. The smallest absolute Gasteiger partial charge is 0.151 e. The lowest BCUT2D eigenvalue weighted by molar-refractivity contribution is -0.0407. The minimum atomic E-state index is -0.293. The molecule has 1 aliphatic heterocycles. The average molecular weight is 368 g/mol. The fraction of sp³-hybridized carbons (Fsp3) is 0.522. The number of nitrogens with zero attached hydrogens (tertiary/aromatic N) is 2. The van der Waals surface area contributed by atoms with Gasteiger partial charge in [0.05, 0.1) is 0 Å². The summed E-state index contributed by atoms with van der Waals surface area (Å²) >= 11 is 0. The maximum absolute atomic E-state index is 14.8. The van der Waals surface area contributed by atoms with E-state index in [4.69, 9.17) is 4.74 Å². The van der Waals surface area contributed by atoms with Gasteiger partial charge in [0, 0.05) is 12.3 Å². The van der Waals surface area contributed by atoms with Gasteiger partial charge in [0.1, 0.15) is 11.9 Å². The quantitative estimate of drug-likeness (QED) is 0.624. The molecule has 2 heterocycles. The van der Waals surface area contributed by atoms with Gasteiger partial charge in [0.2, 0.25) is 0 Å². The van der Waals surface area contributed by atoms with Gasteiger partial charge in [0.15, 0.2) is 5.83 Å². The highest BCUT2D eigenvalue weighted by molar-refractivity contribution is 5.75. The molecule has 1 aromatic carbocycles. The van der Waals surface area contributed by atoms with E-state index in [0.29, 0.717) is 11.6 Å². The Labute approximate surface area is 161 Å². The number of benzene rings is 1. The summed E-state index contributed by atoms with van der Waals surface area (Å²) in [6.07, 6.45) is 11.3. The van der Waals surface area contributed by atoms with E-state index >= 15 is 0 Å². The molecule has 1 unspecified atom stereocenters. The van der Waals surface area contributed by atoms with Crippen LogP contribution in [0.1, 0.15) is 86.0 Å². The Morgan fingerprint density at radius 2 is 1.81 bits per heavy atom. The Morgan fingerprint density at radius 3 is 2.52 bits per heavy atom. The fourth-order valence-corrected chi connectivity index (χ4v) is 4.33. The zero-order valence-electron chi connectivity index (χ0n) is 16.2. The molecule has 144 valence electrons. The van der Waals surface area contributed by atoms with Crippen LogP contribution in [0.3, 0.4) is 0 Å². The summed E-state index contributed by atoms with van der Waals surface area (Å²) in [7, 11) is 0. The molecule has 4 rings (SSSR count). The summed E-state index contributed by atoms with van der Waals surface area (Å²) in [6, 6.07) is 10.2. The average Bonchev–Trinajstić information content (AvgIpc) is 3.12. The van der Waals surface area contributed by atoms with E-state index in [1.807, 2.05) is 23.7 Å². The lowest BCUT2D eigenvalue weighted by Crippen LogP contribution is -2.20. The molecule has 1 aliphatic carbocycles.